The third-order valence-corrected chi connectivity index (χ3v) is 4.51. The molecule has 1 N–H and O–H groups in total. The van der Waals surface area contributed by atoms with Gasteiger partial charge in [0.1, 0.15) is 12.4 Å². The Bertz CT molecular complexity index is 942. The molecule has 0 aliphatic carbocycles. The Morgan fingerprint density at radius 1 is 0.857 bits per heavy atom. The summed E-state index contributed by atoms with van der Waals surface area (Å²) in [7, 11) is 0. The maximum atomic E-state index is 12.1. The van der Waals surface area contributed by atoms with Crippen molar-refractivity contribution in [1.29, 1.82) is 0 Å². The van der Waals surface area contributed by atoms with E-state index in [0.29, 0.717) is 23.6 Å². The number of amides is 1. The first kappa shape index (κ1) is 19.6. The van der Waals surface area contributed by atoms with Gasteiger partial charge in [0.05, 0.1) is 11.3 Å². The van der Waals surface area contributed by atoms with E-state index in [1.807, 2.05) is 42.5 Å². The van der Waals surface area contributed by atoms with Crippen molar-refractivity contribution in [1.82, 2.24) is 0 Å². The second-order valence-corrected chi connectivity index (χ2v) is 6.76. The predicted octanol–water partition coefficient (Wildman–Crippen LogP) is 4.82. The van der Waals surface area contributed by atoms with Gasteiger partial charge in [0.25, 0.3) is 5.91 Å². The summed E-state index contributed by atoms with van der Waals surface area (Å²) < 4.78 is 11.5. The molecule has 0 aliphatic rings. The number of halogens is 1. The van der Waals surface area contributed by atoms with E-state index >= 15 is 0 Å². The van der Waals surface area contributed by atoms with Crippen molar-refractivity contribution in [2.45, 2.75) is 6.61 Å². The maximum Gasteiger partial charge on any atom is 0.338 e. The first-order chi connectivity index (χ1) is 13.6. The average molecular weight is 440 g/mol. The minimum absolute atomic E-state index is 0.348. The van der Waals surface area contributed by atoms with E-state index in [4.69, 9.17) is 9.47 Å². The fourth-order valence-electron chi connectivity index (χ4n) is 2.39. The van der Waals surface area contributed by atoms with Crippen molar-refractivity contribution in [2.75, 3.05) is 11.9 Å². The maximum absolute atomic E-state index is 12.1. The van der Waals surface area contributed by atoms with Gasteiger partial charge in [-0.3, -0.25) is 4.79 Å². The molecule has 28 heavy (non-hydrogen) atoms. The number of anilines is 1. The van der Waals surface area contributed by atoms with Crippen LogP contribution in [0.3, 0.4) is 0 Å². The highest BCUT2D eigenvalue weighted by atomic mass is 79.9. The number of nitrogens with one attached hydrogen (secondary N) is 1. The molecule has 0 atom stereocenters. The highest BCUT2D eigenvalue weighted by Gasteiger charge is 2.11. The molecule has 0 saturated heterocycles. The Morgan fingerprint density at radius 3 is 2.25 bits per heavy atom. The molecule has 5 nitrogen and oxygen atoms in total. The summed E-state index contributed by atoms with van der Waals surface area (Å²) in [6, 6.07) is 23.6. The van der Waals surface area contributed by atoms with Crippen molar-refractivity contribution >= 4 is 33.5 Å². The van der Waals surface area contributed by atoms with Crippen LogP contribution in [0, 0.1) is 0 Å². The Balaban J connectivity index is 1.47. The van der Waals surface area contributed by atoms with Crippen LogP contribution in [0.4, 0.5) is 5.69 Å². The van der Waals surface area contributed by atoms with Crippen LogP contribution >= 0.6 is 15.9 Å². The van der Waals surface area contributed by atoms with E-state index in [1.165, 1.54) is 0 Å². The fraction of sp³-hybridized carbons (Fsp3) is 0.0909. The number of esters is 1. The van der Waals surface area contributed by atoms with Crippen molar-refractivity contribution in [3.8, 4) is 5.75 Å². The summed E-state index contributed by atoms with van der Waals surface area (Å²) in [6.45, 7) is 0.0757. The lowest BCUT2D eigenvalue weighted by Crippen LogP contribution is -2.21. The second-order valence-electron chi connectivity index (χ2n) is 5.90. The molecule has 0 heterocycles. The monoisotopic (exact) mass is 439 g/mol. The predicted molar refractivity (Wildman–Crippen MR) is 110 cm³/mol. The molecular formula is C22H18BrNO4. The molecule has 0 radical (unpaired) electrons. The standard InChI is InChI=1S/C22H18BrNO4/c23-19-8-4-5-9-20(19)24-21(25)15-28-22(26)17-10-12-18(13-11-17)27-14-16-6-2-1-3-7-16/h1-13H,14-15H2,(H,24,25). The van der Waals surface area contributed by atoms with Crippen LogP contribution in [0.5, 0.6) is 5.75 Å². The van der Waals surface area contributed by atoms with Gasteiger partial charge in [-0.2, -0.15) is 0 Å². The fourth-order valence-corrected chi connectivity index (χ4v) is 2.78. The van der Waals surface area contributed by atoms with Crippen molar-refractivity contribution in [3.63, 3.8) is 0 Å². The van der Waals surface area contributed by atoms with Gasteiger partial charge >= 0.3 is 5.97 Å². The molecule has 0 fully saturated rings. The van der Waals surface area contributed by atoms with E-state index in [0.717, 1.165) is 10.0 Å². The normalized spacial score (nSPS) is 10.2. The van der Waals surface area contributed by atoms with E-state index in [2.05, 4.69) is 21.2 Å². The van der Waals surface area contributed by atoms with Gasteiger partial charge < -0.3 is 14.8 Å². The lowest BCUT2D eigenvalue weighted by molar-refractivity contribution is -0.119. The van der Waals surface area contributed by atoms with Gasteiger partial charge in [-0.1, -0.05) is 42.5 Å². The smallest absolute Gasteiger partial charge is 0.338 e. The highest BCUT2D eigenvalue weighted by molar-refractivity contribution is 9.10. The molecule has 6 heteroatoms. The van der Waals surface area contributed by atoms with Crippen LogP contribution in [0.25, 0.3) is 0 Å². The summed E-state index contributed by atoms with van der Waals surface area (Å²) in [5.74, 6) is -0.341. The quantitative estimate of drug-likeness (QED) is 0.535. The summed E-state index contributed by atoms with van der Waals surface area (Å²) in [4.78, 5) is 24.1. The van der Waals surface area contributed by atoms with Gasteiger partial charge in [0.15, 0.2) is 6.61 Å². The Labute approximate surface area is 171 Å². The number of rotatable bonds is 7. The van der Waals surface area contributed by atoms with Gasteiger partial charge in [-0.05, 0) is 57.9 Å². The van der Waals surface area contributed by atoms with Gasteiger partial charge in [0.2, 0.25) is 0 Å². The molecular weight excluding hydrogens is 422 g/mol. The van der Waals surface area contributed by atoms with Crippen molar-refractivity contribution in [2.24, 2.45) is 0 Å². The number of carbonyl (C=O) groups is 2. The number of hydrogen-bond donors (Lipinski definition) is 1. The van der Waals surface area contributed by atoms with E-state index in [9.17, 15) is 9.59 Å². The van der Waals surface area contributed by atoms with Crippen molar-refractivity contribution in [3.05, 3.63) is 94.5 Å². The number of para-hydroxylation sites is 1. The molecule has 3 aromatic carbocycles. The summed E-state index contributed by atoms with van der Waals surface area (Å²) >= 11 is 3.34. The van der Waals surface area contributed by atoms with Gasteiger partial charge in [-0.25, -0.2) is 4.79 Å². The number of hydrogen-bond acceptors (Lipinski definition) is 4. The minimum Gasteiger partial charge on any atom is -0.489 e. The molecule has 0 unspecified atom stereocenters. The summed E-state index contributed by atoms with van der Waals surface area (Å²) in [5.41, 5.74) is 2.02. The third kappa shape index (κ3) is 5.69. The average Bonchev–Trinajstić information content (AvgIpc) is 2.73. The Morgan fingerprint density at radius 2 is 1.54 bits per heavy atom. The van der Waals surface area contributed by atoms with Crippen LogP contribution in [-0.4, -0.2) is 18.5 Å². The number of ether oxygens (including phenoxy) is 2. The van der Waals surface area contributed by atoms with Crippen LogP contribution in [0.1, 0.15) is 15.9 Å². The highest BCUT2D eigenvalue weighted by Crippen LogP contribution is 2.21. The summed E-state index contributed by atoms with van der Waals surface area (Å²) in [5, 5.41) is 2.68. The molecule has 0 spiro atoms. The van der Waals surface area contributed by atoms with Crippen LogP contribution in [0.2, 0.25) is 0 Å². The molecule has 3 aromatic rings. The zero-order valence-corrected chi connectivity index (χ0v) is 16.5. The third-order valence-electron chi connectivity index (χ3n) is 3.82. The first-order valence-corrected chi connectivity index (χ1v) is 9.39. The molecule has 0 aliphatic heterocycles. The molecule has 3 rings (SSSR count). The molecule has 0 saturated carbocycles. The zero-order chi connectivity index (χ0) is 19.8. The summed E-state index contributed by atoms with van der Waals surface area (Å²) in [6.07, 6.45) is 0. The zero-order valence-electron chi connectivity index (χ0n) is 14.9. The number of benzene rings is 3. The SMILES string of the molecule is O=C(COC(=O)c1ccc(OCc2ccccc2)cc1)Nc1ccccc1Br. The molecule has 0 aromatic heterocycles. The van der Waals surface area contributed by atoms with Crippen LogP contribution in [0.15, 0.2) is 83.3 Å². The number of carbonyl (C=O) groups excluding carboxylic acids is 2. The first-order valence-electron chi connectivity index (χ1n) is 8.60. The molecule has 1 amide bonds. The lowest BCUT2D eigenvalue weighted by Gasteiger charge is -2.09. The van der Waals surface area contributed by atoms with Gasteiger partial charge in [-0.15, -0.1) is 0 Å². The largest absolute Gasteiger partial charge is 0.489 e. The van der Waals surface area contributed by atoms with Gasteiger partial charge in [0, 0.05) is 4.47 Å². The topological polar surface area (TPSA) is 64.6 Å². The lowest BCUT2D eigenvalue weighted by atomic mass is 10.2. The van der Waals surface area contributed by atoms with E-state index < -0.39 is 11.9 Å². The Hall–Kier alpha value is -3.12. The van der Waals surface area contributed by atoms with E-state index in [1.54, 1.807) is 36.4 Å². The van der Waals surface area contributed by atoms with E-state index in [-0.39, 0.29) is 6.61 Å². The van der Waals surface area contributed by atoms with Crippen molar-refractivity contribution < 1.29 is 19.1 Å². The van der Waals surface area contributed by atoms with Crippen LogP contribution in [-0.2, 0) is 16.1 Å². The Kier molecular flexibility index (Phi) is 6.81. The minimum atomic E-state index is -0.572. The second kappa shape index (κ2) is 9.71. The molecule has 0 bridgehead atoms. The molecule has 142 valence electrons. The van der Waals surface area contributed by atoms with Crippen LogP contribution < -0.4 is 10.1 Å².